The van der Waals surface area contributed by atoms with Crippen LogP contribution in [0.25, 0.3) is 0 Å². The van der Waals surface area contributed by atoms with E-state index in [2.05, 4.69) is 5.32 Å². The average molecular weight is 250 g/mol. The van der Waals surface area contributed by atoms with Gasteiger partial charge in [-0.1, -0.05) is 18.6 Å². The highest BCUT2D eigenvalue weighted by molar-refractivity contribution is 6.06. The number of hydrogen-bond donors (Lipinski definition) is 1. The summed E-state index contributed by atoms with van der Waals surface area (Å²) in [4.78, 5) is 36.7. The second-order valence-corrected chi connectivity index (χ2v) is 5.24. The first-order valence-corrected chi connectivity index (χ1v) is 6.11. The van der Waals surface area contributed by atoms with Crippen LogP contribution in [-0.4, -0.2) is 35.7 Å². The molecule has 1 unspecified atom stereocenters. The van der Waals surface area contributed by atoms with Gasteiger partial charge in [-0.3, -0.25) is 19.3 Å². The Morgan fingerprint density at radius 1 is 1.28 bits per heavy atom. The van der Waals surface area contributed by atoms with Gasteiger partial charge in [-0.05, 0) is 12.8 Å². The number of imide groups is 1. The van der Waals surface area contributed by atoms with Crippen LogP contribution in [0.15, 0.2) is 11.6 Å². The van der Waals surface area contributed by atoms with Crippen molar-refractivity contribution in [3.8, 4) is 0 Å². The highest BCUT2D eigenvalue weighted by atomic mass is 16.2. The van der Waals surface area contributed by atoms with Crippen LogP contribution in [0.5, 0.6) is 0 Å². The highest BCUT2D eigenvalue weighted by Crippen LogP contribution is 2.40. The van der Waals surface area contributed by atoms with Gasteiger partial charge < -0.3 is 5.32 Å². The molecule has 4 atom stereocenters. The fraction of sp³-hybridized carbons (Fsp3) is 0.615. The summed E-state index contributed by atoms with van der Waals surface area (Å²) in [6.45, 7) is 5.25. The minimum Gasteiger partial charge on any atom is -0.349 e. The van der Waals surface area contributed by atoms with E-state index in [4.69, 9.17) is 0 Å². The van der Waals surface area contributed by atoms with Crippen LogP contribution in [0.3, 0.4) is 0 Å². The number of fused-ring (bicyclic) bond motifs is 1. The third kappa shape index (κ3) is 1.74. The molecule has 18 heavy (non-hydrogen) atoms. The van der Waals surface area contributed by atoms with Crippen molar-refractivity contribution < 1.29 is 14.4 Å². The number of rotatable bonds is 1. The fourth-order valence-electron chi connectivity index (χ4n) is 3.09. The molecule has 1 aliphatic carbocycles. The van der Waals surface area contributed by atoms with Crippen LogP contribution in [-0.2, 0) is 14.4 Å². The van der Waals surface area contributed by atoms with Crippen molar-refractivity contribution in [1.29, 1.82) is 0 Å². The third-order valence-corrected chi connectivity index (χ3v) is 3.92. The van der Waals surface area contributed by atoms with E-state index < -0.39 is 5.92 Å². The Labute approximate surface area is 106 Å². The molecule has 1 heterocycles. The van der Waals surface area contributed by atoms with Crippen LogP contribution in [0.4, 0.5) is 0 Å². The molecule has 1 N–H and O–H groups in total. The Hall–Kier alpha value is -1.65. The van der Waals surface area contributed by atoms with Crippen LogP contribution in [0.1, 0.15) is 20.8 Å². The first-order valence-electron chi connectivity index (χ1n) is 6.11. The van der Waals surface area contributed by atoms with E-state index in [1.165, 1.54) is 18.9 Å². The Bertz CT molecular complexity index is 455. The molecular formula is C13H18N2O3. The number of allylic oxidation sites excluding steroid dienone is 1. The van der Waals surface area contributed by atoms with Crippen LogP contribution >= 0.6 is 0 Å². The van der Waals surface area contributed by atoms with Gasteiger partial charge in [0.2, 0.25) is 17.7 Å². The molecule has 5 heteroatoms. The highest BCUT2D eigenvalue weighted by Gasteiger charge is 2.53. The molecule has 0 aromatic heterocycles. The number of nitrogens with zero attached hydrogens (tertiary/aromatic N) is 1. The Balaban J connectivity index is 2.42. The molecule has 0 spiro atoms. The van der Waals surface area contributed by atoms with Crippen LogP contribution in [0.2, 0.25) is 0 Å². The third-order valence-electron chi connectivity index (χ3n) is 3.92. The lowest BCUT2D eigenvalue weighted by Crippen LogP contribution is -2.48. The molecule has 0 aromatic carbocycles. The summed E-state index contributed by atoms with van der Waals surface area (Å²) < 4.78 is 0. The summed E-state index contributed by atoms with van der Waals surface area (Å²) >= 11 is 0. The zero-order chi connectivity index (χ0) is 13.6. The van der Waals surface area contributed by atoms with E-state index in [0.717, 1.165) is 5.57 Å². The standard InChI is InChI=1S/C13H18N2O3/c1-6-5-7(2)11(14-8(3)16)10-9(6)12(17)15(4)13(10)18/h5-6,9-11H,1-4H3,(H,14,16)/t6?,9-,10-,11+/m0/s1. The number of hydrogen-bond acceptors (Lipinski definition) is 3. The van der Waals surface area contributed by atoms with Gasteiger partial charge in [0.25, 0.3) is 0 Å². The zero-order valence-corrected chi connectivity index (χ0v) is 11.1. The van der Waals surface area contributed by atoms with E-state index >= 15 is 0 Å². The van der Waals surface area contributed by atoms with Crippen molar-refractivity contribution in [1.82, 2.24) is 10.2 Å². The molecule has 2 rings (SSSR count). The summed E-state index contributed by atoms with van der Waals surface area (Å²) in [5, 5.41) is 2.79. The number of likely N-dealkylation sites (tertiary alicyclic amines) is 1. The van der Waals surface area contributed by atoms with E-state index in [1.807, 2.05) is 19.9 Å². The number of amides is 3. The van der Waals surface area contributed by atoms with Crippen LogP contribution in [0, 0.1) is 17.8 Å². The van der Waals surface area contributed by atoms with Gasteiger partial charge in [0.15, 0.2) is 0 Å². The summed E-state index contributed by atoms with van der Waals surface area (Å²) in [6.07, 6.45) is 1.98. The lowest BCUT2D eigenvalue weighted by Gasteiger charge is -2.33. The fourth-order valence-corrected chi connectivity index (χ4v) is 3.09. The molecule has 0 bridgehead atoms. The van der Waals surface area contributed by atoms with Gasteiger partial charge in [-0.25, -0.2) is 0 Å². The van der Waals surface area contributed by atoms with E-state index in [9.17, 15) is 14.4 Å². The molecule has 1 aliphatic heterocycles. The zero-order valence-electron chi connectivity index (χ0n) is 11.1. The molecule has 0 saturated carbocycles. The molecular weight excluding hydrogens is 232 g/mol. The Kier molecular flexibility index (Phi) is 3.00. The van der Waals surface area contributed by atoms with Gasteiger partial charge in [0.05, 0.1) is 17.9 Å². The van der Waals surface area contributed by atoms with Crippen molar-refractivity contribution in [3.05, 3.63) is 11.6 Å². The maximum atomic E-state index is 12.2. The van der Waals surface area contributed by atoms with E-state index in [1.54, 1.807) is 0 Å². The molecule has 1 saturated heterocycles. The molecule has 0 radical (unpaired) electrons. The topological polar surface area (TPSA) is 66.5 Å². The normalized spacial score (nSPS) is 35.3. The lowest BCUT2D eigenvalue weighted by atomic mass is 9.72. The van der Waals surface area contributed by atoms with Crippen molar-refractivity contribution >= 4 is 17.7 Å². The summed E-state index contributed by atoms with van der Waals surface area (Å²) in [6, 6.07) is -0.356. The lowest BCUT2D eigenvalue weighted by molar-refractivity contribution is -0.138. The SMILES string of the molecule is CC(=O)N[C@@H]1C(C)=CC(C)[C@@H]2C(=O)N(C)C(=O)[C@H]12. The van der Waals surface area contributed by atoms with Gasteiger partial charge in [0, 0.05) is 14.0 Å². The molecule has 98 valence electrons. The van der Waals surface area contributed by atoms with Gasteiger partial charge >= 0.3 is 0 Å². The second kappa shape index (κ2) is 4.23. The quantitative estimate of drug-likeness (QED) is 0.538. The van der Waals surface area contributed by atoms with E-state index in [0.29, 0.717) is 0 Å². The van der Waals surface area contributed by atoms with Gasteiger partial charge in [-0.15, -0.1) is 0 Å². The second-order valence-electron chi connectivity index (χ2n) is 5.24. The largest absolute Gasteiger partial charge is 0.349 e. The Morgan fingerprint density at radius 3 is 2.39 bits per heavy atom. The van der Waals surface area contributed by atoms with Crippen LogP contribution < -0.4 is 5.32 Å². The Morgan fingerprint density at radius 2 is 1.83 bits per heavy atom. The van der Waals surface area contributed by atoms with Crippen molar-refractivity contribution in [2.75, 3.05) is 7.05 Å². The molecule has 5 nitrogen and oxygen atoms in total. The maximum Gasteiger partial charge on any atom is 0.235 e. The minimum atomic E-state index is -0.452. The number of nitrogens with one attached hydrogen (secondary N) is 1. The minimum absolute atomic E-state index is 0.0291. The molecule has 3 amide bonds. The first-order chi connectivity index (χ1) is 8.34. The molecule has 0 aromatic rings. The summed E-state index contributed by atoms with van der Waals surface area (Å²) in [5.41, 5.74) is 0.954. The maximum absolute atomic E-state index is 12.2. The van der Waals surface area contributed by atoms with Crippen molar-refractivity contribution in [2.45, 2.75) is 26.8 Å². The number of carbonyl (C=O) groups excluding carboxylic acids is 3. The number of carbonyl (C=O) groups is 3. The smallest absolute Gasteiger partial charge is 0.235 e. The predicted molar refractivity (Wildman–Crippen MR) is 65.3 cm³/mol. The predicted octanol–water partition coefficient (Wildman–Crippen LogP) is 0.318. The van der Waals surface area contributed by atoms with E-state index in [-0.39, 0.29) is 35.6 Å². The van der Waals surface area contributed by atoms with Gasteiger partial charge in [0.1, 0.15) is 0 Å². The average Bonchev–Trinajstić information content (AvgIpc) is 2.49. The van der Waals surface area contributed by atoms with Gasteiger partial charge in [-0.2, -0.15) is 0 Å². The first kappa shape index (κ1) is 12.8. The summed E-state index contributed by atoms with van der Waals surface area (Å²) in [7, 11) is 1.51. The summed E-state index contributed by atoms with van der Waals surface area (Å²) in [5.74, 6) is -1.29. The van der Waals surface area contributed by atoms with Crippen molar-refractivity contribution in [2.24, 2.45) is 17.8 Å². The molecule has 1 fully saturated rings. The van der Waals surface area contributed by atoms with Crippen molar-refractivity contribution in [3.63, 3.8) is 0 Å². The monoisotopic (exact) mass is 250 g/mol. The molecule has 2 aliphatic rings.